The highest BCUT2D eigenvalue weighted by Crippen LogP contribution is 2.32. The molecule has 1 saturated carbocycles. The molecule has 1 unspecified atom stereocenters. The van der Waals surface area contributed by atoms with E-state index in [4.69, 9.17) is 9.26 Å². The molecule has 106 valence electrons. The molecule has 5 nitrogen and oxygen atoms in total. The number of carbonyl (C=O) groups is 1. The highest BCUT2D eigenvalue weighted by molar-refractivity contribution is 5.76. The van der Waals surface area contributed by atoms with E-state index in [9.17, 15) is 4.79 Å². The smallest absolute Gasteiger partial charge is 0.318 e. The van der Waals surface area contributed by atoms with Crippen LogP contribution in [-0.4, -0.2) is 22.7 Å². The van der Waals surface area contributed by atoms with Crippen molar-refractivity contribution >= 4 is 5.97 Å². The summed E-state index contributed by atoms with van der Waals surface area (Å²) in [6, 6.07) is 0. The lowest BCUT2D eigenvalue weighted by atomic mass is 9.89. The first-order chi connectivity index (χ1) is 9.26. The van der Waals surface area contributed by atoms with Gasteiger partial charge in [-0.2, -0.15) is 4.98 Å². The van der Waals surface area contributed by atoms with Gasteiger partial charge < -0.3 is 9.26 Å². The minimum Gasteiger partial charge on any atom is -0.465 e. The van der Waals surface area contributed by atoms with Crippen molar-refractivity contribution in [2.24, 2.45) is 0 Å². The third-order valence-corrected chi connectivity index (χ3v) is 3.71. The molecule has 1 aliphatic rings. The molecule has 1 aliphatic carbocycles. The van der Waals surface area contributed by atoms with Crippen molar-refractivity contribution in [1.29, 1.82) is 0 Å². The van der Waals surface area contributed by atoms with Gasteiger partial charge in [0.05, 0.1) is 6.61 Å². The van der Waals surface area contributed by atoms with Crippen LogP contribution in [0.5, 0.6) is 0 Å². The zero-order chi connectivity index (χ0) is 13.7. The van der Waals surface area contributed by atoms with Crippen molar-refractivity contribution in [1.82, 2.24) is 10.1 Å². The van der Waals surface area contributed by atoms with E-state index in [1.54, 1.807) is 6.92 Å². The molecule has 0 amide bonds. The molecule has 1 heterocycles. The van der Waals surface area contributed by atoms with Gasteiger partial charge in [-0.05, 0) is 26.2 Å². The Morgan fingerprint density at radius 2 is 2.11 bits per heavy atom. The van der Waals surface area contributed by atoms with E-state index in [2.05, 4.69) is 10.1 Å². The van der Waals surface area contributed by atoms with E-state index in [0.717, 1.165) is 18.7 Å². The van der Waals surface area contributed by atoms with Gasteiger partial charge in [0.1, 0.15) is 5.92 Å². The van der Waals surface area contributed by atoms with Gasteiger partial charge in [0.25, 0.3) is 0 Å². The van der Waals surface area contributed by atoms with Crippen LogP contribution in [0.15, 0.2) is 4.52 Å². The lowest BCUT2D eigenvalue weighted by molar-refractivity contribution is -0.145. The Hall–Kier alpha value is -1.39. The molecule has 1 aromatic heterocycles. The molecule has 1 atom stereocenters. The monoisotopic (exact) mass is 266 g/mol. The van der Waals surface area contributed by atoms with Crippen LogP contribution in [0, 0.1) is 0 Å². The van der Waals surface area contributed by atoms with Gasteiger partial charge >= 0.3 is 5.97 Å². The summed E-state index contributed by atoms with van der Waals surface area (Å²) in [5.41, 5.74) is 0. The summed E-state index contributed by atoms with van der Waals surface area (Å²) in [5.74, 6) is 0.860. The summed E-state index contributed by atoms with van der Waals surface area (Å²) in [4.78, 5) is 16.2. The normalized spacial score (nSPS) is 18.2. The predicted molar refractivity (Wildman–Crippen MR) is 69.8 cm³/mol. The van der Waals surface area contributed by atoms with E-state index < -0.39 is 5.92 Å². The van der Waals surface area contributed by atoms with Gasteiger partial charge in [0.15, 0.2) is 5.82 Å². The minimum absolute atomic E-state index is 0.274. The average molecular weight is 266 g/mol. The molecule has 1 fully saturated rings. The Kier molecular flexibility index (Phi) is 4.93. The van der Waals surface area contributed by atoms with Crippen LogP contribution in [0.4, 0.5) is 0 Å². The molecule has 0 radical (unpaired) electrons. The first-order valence-corrected chi connectivity index (χ1v) is 7.26. The molecule has 1 aromatic rings. The van der Waals surface area contributed by atoms with Crippen LogP contribution in [0.3, 0.4) is 0 Å². The SMILES string of the molecule is CCOC(=O)C(CC)c1nc(C2CCCCC2)no1. The fourth-order valence-electron chi connectivity index (χ4n) is 2.60. The Labute approximate surface area is 113 Å². The number of rotatable bonds is 5. The van der Waals surface area contributed by atoms with Gasteiger partial charge in [0, 0.05) is 5.92 Å². The highest BCUT2D eigenvalue weighted by atomic mass is 16.5. The first kappa shape index (κ1) is 14.0. The number of hydrogen-bond donors (Lipinski definition) is 0. The van der Waals surface area contributed by atoms with Crippen LogP contribution in [-0.2, 0) is 9.53 Å². The Balaban J connectivity index is 2.07. The second-order valence-corrected chi connectivity index (χ2v) is 5.04. The molecule has 0 bridgehead atoms. The number of carbonyl (C=O) groups excluding carboxylic acids is 1. The predicted octanol–water partition coefficient (Wildman–Crippen LogP) is 3.17. The van der Waals surface area contributed by atoms with E-state index in [1.807, 2.05) is 6.92 Å². The van der Waals surface area contributed by atoms with Gasteiger partial charge in [-0.3, -0.25) is 4.79 Å². The summed E-state index contributed by atoms with van der Waals surface area (Å²) >= 11 is 0. The van der Waals surface area contributed by atoms with Gasteiger partial charge in [-0.25, -0.2) is 0 Å². The molecule has 2 rings (SSSR count). The van der Waals surface area contributed by atoms with Crippen molar-refractivity contribution in [3.63, 3.8) is 0 Å². The molecule has 0 spiro atoms. The third kappa shape index (κ3) is 3.33. The summed E-state index contributed by atoms with van der Waals surface area (Å²) in [6.07, 6.45) is 6.60. The molecule has 0 aromatic carbocycles. The maximum atomic E-state index is 11.8. The zero-order valence-corrected chi connectivity index (χ0v) is 11.7. The van der Waals surface area contributed by atoms with Crippen molar-refractivity contribution in [2.45, 2.75) is 64.2 Å². The highest BCUT2D eigenvalue weighted by Gasteiger charge is 2.28. The lowest BCUT2D eigenvalue weighted by Gasteiger charge is -2.17. The van der Waals surface area contributed by atoms with Gasteiger partial charge in [-0.15, -0.1) is 0 Å². The lowest BCUT2D eigenvalue weighted by Crippen LogP contribution is -2.16. The molecule has 0 aliphatic heterocycles. The summed E-state index contributed by atoms with van der Waals surface area (Å²) in [7, 11) is 0. The van der Waals surface area contributed by atoms with Crippen molar-refractivity contribution in [3.8, 4) is 0 Å². The van der Waals surface area contributed by atoms with E-state index >= 15 is 0 Å². The van der Waals surface area contributed by atoms with Crippen LogP contribution >= 0.6 is 0 Å². The fourth-order valence-corrected chi connectivity index (χ4v) is 2.60. The standard InChI is InChI=1S/C14H22N2O3/c1-3-11(14(17)18-4-2)13-15-12(16-19-13)10-8-6-5-7-9-10/h10-11H,3-9H2,1-2H3. The largest absolute Gasteiger partial charge is 0.465 e. The number of esters is 1. The minimum atomic E-state index is -0.426. The molecular formula is C14H22N2O3. The van der Waals surface area contributed by atoms with E-state index in [-0.39, 0.29) is 5.97 Å². The maximum absolute atomic E-state index is 11.8. The van der Waals surface area contributed by atoms with Gasteiger partial charge in [-0.1, -0.05) is 31.3 Å². The van der Waals surface area contributed by atoms with Crippen LogP contribution in [0.1, 0.15) is 75.9 Å². The number of ether oxygens (including phenoxy) is 1. The molecule has 19 heavy (non-hydrogen) atoms. The topological polar surface area (TPSA) is 65.2 Å². The van der Waals surface area contributed by atoms with E-state index in [0.29, 0.717) is 24.8 Å². The second kappa shape index (κ2) is 6.68. The quantitative estimate of drug-likeness (QED) is 0.766. The molecule has 0 saturated heterocycles. The zero-order valence-electron chi connectivity index (χ0n) is 11.7. The Morgan fingerprint density at radius 3 is 2.74 bits per heavy atom. The fraction of sp³-hybridized carbons (Fsp3) is 0.786. The third-order valence-electron chi connectivity index (χ3n) is 3.71. The van der Waals surface area contributed by atoms with Crippen LogP contribution in [0.2, 0.25) is 0 Å². The number of hydrogen-bond acceptors (Lipinski definition) is 5. The number of aromatic nitrogens is 2. The molecule has 0 N–H and O–H groups in total. The van der Waals surface area contributed by atoms with Crippen LogP contribution in [0.25, 0.3) is 0 Å². The maximum Gasteiger partial charge on any atom is 0.318 e. The van der Waals surface area contributed by atoms with Crippen LogP contribution < -0.4 is 0 Å². The van der Waals surface area contributed by atoms with Gasteiger partial charge in [0.2, 0.25) is 5.89 Å². The number of nitrogens with zero attached hydrogens (tertiary/aromatic N) is 2. The summed E-state index contributed by atoms with van der Waals surface area (Å²) in [5, 5.41) is 4.06. The molecule has 5 heteroatoms. The second-order valence-electron chi connectivity index (χ2n) is 5.04. The summed E-state index contributed by atoms with van der Waals surface area (Å²) in [6.45, 7) is 4.09. The molecular weight excluding hydrogens is 244 g/mol. The first-order valence-electron chi connectivity index (χ1n) is 7.26. The average Bonchev–Trinajstić information content (AvgIpc) is 2.90. The van der Waals surface area contributed by atoms with Crippen molar-refractivity contribution in [2.75, 3.05) is 6.61 Å². The van der Waals surface area contributed by atoms with Crippen molar-refractivity contribution < 1.29 is 14.1 Å². The Morgan fingerprint density at radius 1 is 1.37 bits per heavy atom. The summed E-state index contributed by atoms with van der Waals surface area (Å²) < 4.78 is 10.3. The van der Waals surface area contributed by atoms with Crippen molar-refractivity contribution in [3.05, 3.63) is 11.7 Å². The Bertz CT molecular complexity index is 411. The van der Waals surface area contributed by atoms with E-state index in [1.165, 1.54) is 19.3 Å².